The zero-order valence-electron chi connectivity index (χ0n) is 30.8. The Morgan fingerprint density at radius 2 is 1.57 bits per heavy atom. The van der Waals surface area contributed by atoms with Crippen LogP contribution in [0.15, 0.2) is 120 Å². The van der Waals surface area contributed by atoms with Gasteiger partial charge >= 0.3 is 7.12 Å². The van der Waals surface area contributed by atoms with Gasteiger partial charge < -0.3 is 19.2 Å². The van der Waals surface area contributed by atoms with Crippen LogP contribution in [0.1, 0.15) is 51.3 Å². The molecule has 3 aliphatic rings. The Kier molecular flexibility index (Phi) is 10.4. The first-order valence-corrected chi connectivity index (χ1v) is 20.4. The molecule has 0 spiro atoms. The molecule has 1 aromatic heterocycles. The van der Waals surface area contributed by atoms with E-state index in [2.05, 4.69) is 74.3 Å². The molecule has 0 saturated carbocycles. The third kappa shape index (κ3) is 6.97. The topological polar surface area (TPSA) is 109 Å². The second-order valence-electron chi connectivity index (χ2n) is 15.5. The number of pyridine rings is 1. The Balaban J connectivity index is 1.31. The molecule has 10 heteroatoms. The van der Waals surface area contributed by atoms with Gasteiger partial charge in [0.15, 0.2) is 0 Å². The summed E-state index contributed by atoms with van der Waals surface area (Å²) in [7, 11) is -2.49. The van der Waals surface area contributed by atoms with Crippen LogP contribution < -0.4 is 10.4 Å². The van der Waals surface area contributed by atoms with Gasteiger partial charge in [-0.15, -0.1) is 0 Å². The highest BCUT2D eigenvalue weighted by molar-refractivity contribution is 6.99. The van der Waals surface area contributed by atoms with E-state index in [1.807, 2.05) is 48.5 Å². The summed E-state index contributed by atoms with van der Waals surface area (Å²) >= 11 is 0. The maximum absolute atomic E-state index is 13.7. The van der Waals surface area contributed by atoms with Gasteiger partial charge in [0.05, 0.1) is 30.2 Å². The fourth-order valence-electron chi connectivity index (χ4n) is 8.92. The van der Waals surface area contributed by atoms with E-state index in [0.29, 0.717) is 24.8 Å². The SMILES string of the molecule is CN1C(=O)[C@@H]2[C@@H](CC(CO[Si](c3ccccc3)(c3ccccc3)C(C)(C)C)=C3[C@@H](CC/C(=C/c4ccccc4O)c4ccccn4)OB(O)C[C@@H]32)C1=O. The van der Waals surface area contributed by atoms with Crippen LogP contribution in [-0.2, 0) is 18.7 Å². The lowest BCUT2D eigenvalue weighted by Crippen LogP contribution is -2.66. The molecule has 8 nitrogen and oxygen atoms in total. The van der Waals surface area contributed by atoms with E-state index >= 15 is 0 Å². The molecule has 0 unspecified atom stereocenters. The van der Waals surface area contributed by atoms with E-state index < -0.39 is 33.4 Å². The number of fused-ring (bicyclic) bond motifs is 3. The summed E-state index contributed by atoms with van der Waals surface area (Å²) in [5.41, 5.74) is 4.29. The van der Waals surface area contributed by atoms with Gasteiger partial charge in [-0.2, -0.15) is 0 Å². The van der Waals surface area contributed by atoms with E-state index in [-0.39, 0.29) is 41.4 Å². The first-order chi connectivity index (χ1) is 25.5. The van der Waals surface area contributed by atoms with Gasteiger partial charge in [0, 0.05) is 18.8 Å². The van der Waals surface area contributed by atoms with Crippen LogP contribution in [0.25, 0.3) is 11.6 Å². The molecular weight excluding hydrogens is 679 g/mol. The molecule has 3 aromatic carbocycles. The van der Waals surface area contributed by atoms with Crippen molar-refractivity contribution >= 4 is 49.3 Å². The number of aromatic hydroxyl groups is 1. The maximum Gasteiger partial charge on any atom is 0.455 e. The van der Waals surface area contributed by atoms with E-state index in [1.54, 1.807) is 25.4 Å². The lowest BCUT2D eigenvalue weighted by molar-refractivity contribution is -0.138. The molecular formula is C43H47BN2O6Si. The molecule has 2 saturated heterocycles. The van der Waals surface area contributed by atoms with Crippen molar-refractivity contribution in [3.8, 4) is 5.75 Å². The van der Waals surface area contributed by atoms with Crippen LogP contribution in [0.3, 0.4) is 0 Å². The number of phenolic OH excluding ortho intramolecular Hbond substituents is 1. The van der Waals surface area contributed by atoms with Crippen LogP contribution in [-0.4, -0.2) is 67.0 Å². The zero-order valence-corrected chi connectivity index (χ0v) is 31.8. The van der Waals surface area contributed by atoms with Gasteiger partial charge in [-0.25, -0.2) is 0 Å². The molecule has 7 rings (SSSR count). The van der Waals surface area contributed by atoms with Crippen molar-refractivity contribution in [1.29, 1.82) is 0 Å². The number of aromatic nitrogens is 1. The lowest BCUT2D eigenvalue weighted by Gasteiger charge is -2.46. The number of likely N-dealkylation sites (tertiary alicyclic amines) is 1. The minimum atomic E-state index is -2.96. The second-order valence-corrected chi connectivity index (χ2v) is 19.8. The average molecular weight is 727 g/mol. The quantitative estimate of drug-likeness (QED) is 0.115. The summed E-state index contributed by atoms with van der Waals surface area (Å²) < 4.78 is 13.9. The number of hydrogen-bond donors (Lipinski definition) is 2. The highest BCUT2D eigenvalue weighted by Crippen LogP contribution is 2.51. The molecule has 2 aliphatic heterocycles. The molecule has 3 heterocycles. The van der Waals surface area contributed by atoms with Gasteiger partial charge in [-0.1, -0.05) is 106 Å². The highest BCUT2D eigenvalue weighted by atomic mass is 28.4. The Morgan fingerprint density at radius 1 is 0.925 bits per heavy atom. The van der Waals surface area contributed by atoms with E-state index in [9.17, 15) is 19.7 Å². The van der Waals surface area contributed by atoms with Crippen LogP contribution in [0.5, 0.6) is 5.75 Å². The number of carbonyl (C=O) groups is 2. The van der Waals surface area contributed by atoms with Crippen molar-refractivity contribution in [2.75, 3.05) is 13.7 Å². The summed E-state index contributed by atoms with van der Waals surface area (Å²) in [6, 6.07) is 33.9. The number of rotatable bonds is 10. The van der Waals surface area contributed by atoms with Gasteiger partial charge in [0.1, 0.15) is 5.75 Å². The first kappa shape index (κ1) is 36.7. The number of carbonyl (C=O) groups excluding carboxylic acids is 2. The first-order valence-electron chi connectivity index (χ1n) is 18.5. The number of para-hydroxylation sites is 1. The summed E-state index contributed by atoms with van der Waals surface area (Å²) in [5.74, 6) is -1.66. The summed E-state index contributed by atoms with van der Waals surface area (Å²) in [4.78, 5) is 33.3. The number of hydrogen-bond acceptors (Lipinski definition) is 7. The largest absolute Gasteiger partial charge is 0.507 e. The van der Waals surface area contributed by atoms with Gasteiger partial charge in [-0.3, -0.25) is 19.5 Å². The fourth-order valence-corrected chi connectivity index (χ4v) is 13.5. The lowest BCUT2D eigenvalue weighted by atomic mass is 9.58. The summed E-state index contributed by atoms with van der Waals surface area (Å²) in [6.45, 7) is 6.99. The van der Waals surface area contributed by atoms with E-state index in [1.165, 1.54) is 4.90 Å². The van der Waals surface area contributed by atoms with Crippen molar-refractivity contribution in [2.24, 2.45) is 17.8 Å². The van der Waals surface area contributed by atoms with Gasteiger partial charge in [0.2, 0.25) is 11.8 Å². The third-order valence-corrected chi connectivity index (χ3v) is 16.3. The number of amides is 2. The Bertz CT molecular complexity index is 1980. The van der Waals surface area contributed by atoms with Crippen LogP contribution >= 0.6 is 0 Å². The predicted octanol–water partition coefficient (Wildman–Crippen LogP) is 6.11. The zero-order chi connectivity index (χ0) is 37.3. The average Bonchev–Trinajstić information content (AvgIpc) is 3.38. The molecule has 0 bridgehead atoms. The van der Waals surface area contributed by atoms with E-state index in [0.717, 1.165) is 32.8 Å². The molecule has 1 aliphatic carbocycles. The van der Waals surface area contributed by atoms with Crippen molar-refractivity contribution in [1.82, 2.24) is 9.88 Å². The molecule has 272 valence electrons. The number of nitrogens with zero attached hydrogens (tertiary/aromatic N) is 2. The van der Waals surface area contributed by atoms with Crippen LogP contribution in [0, 0.1) is 17.8 Å². The molecule has 53 heavy (non-hydrogen) atoms. The maximum atomic E-state index is 13.7. The Morgan fingerprint density at radius 3 is 2.19 bits per heavy atom. The van der Waals surface area contributed by atoms with Crippen molar-refractivity contribution < 1.29 is 28.8 Å². The molecule has 4 aromatic rings. The Hall–Kier alpha value is -4.61. The van der Waals surface area contributed by atoms with E-state index in [4.69, 9.17) is 9.08 Å². The van der Waals surface area contributed by atoms with Crippen LogP contribution in [0.4, 0.5) is 0 Å². The number of imide groups is 1. The molecule has 2 N–H and O–H groups in total. The number of phenols is 1. The van der Waals surface area contributed by atoms with Gasteiger partial charge in [-0.05, 0) is 87.9 Å². The monoisotopic (exact) mass is 726 g/mol. The summed E-state index contributed by atoms with van der Waals surface area (Å²) in [6.07, 6.45) is 4.77. The smallest absolute Gasteiger partial charge is 0.455 e. The normalized spacial score (nSPS) is 22.2. The third-order valence-electron chi connectivity index (χ3n) is 11.3. The Labute approximate surface area is 313 Å². The summed E-state index contributed by atoms with van der Waals surface area (Å²) in [5, 5.41) is 23.9. The van der Waals surface area contributed by atoms with Crippen molar-refractivity contribution in [3.63, 3.8) is 0 Å². The number of benzene rings is 3. The van der Waals surface area contributed by atoms with Gasteiger partial charge in [0.25, 0.3) is 8.32 Å². The van der Waals surface area contributed by atoms with Crippen molar-refractivity contribution in [2.45, 2.75) is 57.5 Å². The molecule has 2 fully saturated rings. The standard InChI is InChI=1S/C43H47BN2O6Si/c1-43(2,3)53(32-16-7-5-8-17-32,33-18-9-6-10-19-33)51-28-31-26-34-40(42(49)46(4)41(34)48)35-27-44(50)52-38(39(31)35)23-22-29(36-20-13-14-24-45-36)25-30-15-11-12-21-37(30)47/h5-21,24-25,34-35,38,40,47,50H,22-23,26-28H2,1-4H3/b29-25-/t34-,35+,38-,40-/m1/s1. The fraction of sp³-hybridized carbons (Fsp3) is 0.326. The van der Waals surface area contributed by atoms with Crippen molar-refractivity contribution in [3.05, 3.63) is 132 Å². The highest BCUT2D eigenvalue weighted by Gasteiger charge is 2.57. The van der Waals surface area contributed by atoms with Crippen LogP contribution in [0.2, 0.25) is 11.4 Å². The molecule has 4 atom stereocenters. The predicted molar refractivity (Wildman–Crippen MR) is 211 cm³/mol. The molecule has 2 amide bonds. The number of allylic oxidation sites excluding steroid dienone is 1. The minimum Gasteiger partial charge on any atom is -0.507 e. The minimum absolute atomic E-state index is 0.169. The second kappa shape index (κ2) is 15.0. The molecule has 0 radical (unpaired) electrons.